The van der Waals surface area contributed by atoms with Gasteiger partial charge >= 0.3 is 0 Å². The highest BCUT2D eigenvalue weighted by Crippen LogP contribution is 2.31. The summed E-state index contributed by atoms with van der Waals surface area (Å²) in [5, 5.41) is 4.25. The Bertz CT molecular complexity index is 1110. The second-order valence-corrected chi connectivity index (χ2v) is 8.57. The molecule has 1 aliphatic rings. The Morgan fingerprint density at radius 3 is 2.74 bits per heavy atom. The van der Waals surface area contributed by atoms with Crippen molar-refractivity contribution in [1.29, 1.82) is 0 Å². The van der Waals surface area contributed by atoms with Crippen LogP contribution >= 0.6 is 0 Å². The summed E-state index contributed by atoms with van der Waals surface area (Å²) >= 11 is 0. The van der Waals surface area contributed by atoms with Gasteiger partial charge in [0.25, 0.3) is 0 Å². The monoisotopic (exact) mass is 422 g/mol. The number of halogens is 1. The number of ether oxygens (including phenoxy) is 1. The SMILES string of the molecule is Cc1cc(-c2cnn(C)c2)cc([C@@H]2CN(C(=O)C(C)(C)c3cccc(F)c3)CCO2)n1. The summed E-state index contributed by atoms with van der Waals surface area (Å²) in [6.07, 6.45) is 3.45. The first-order valence-corrected chi connectivity index (χ1v) is 10.4. The van der Waals surface area contributed by atoms with E-state index in [9.17, 15) is 9.18 Å². The molecule has 162 valence electrons. The average molecular weight is 423 g/mol. The average Bonchev–Trinajstić information content (AvgIpc) is 3.19. The van der Waals surface area contributed by atoms with E-state index in [1.807, 2.05) is 52.3 Å². The largest absolute Gasteiger partial charge is 0.368 e. The molecule has 0 aliphatic carbocycles. The van der Waals surface area contributed by atoms with Gasteiger partial charge < -0.3 is 9.64 Å². The van der Waals surface area contributed by atoms with Crippen molar-refractivity contribution in [2.24, 2.45) is 7.05 Å². The smallest absolute Gasteiger partial charge is 0.232 e. The third-order valence-corrected chi connectivity index (χ3v) is 5.78. The molecule has 0 N–H and O–H groups in total. The molecule has 0 bridgehead atoms. The normalized spacial score (nSPS) is 17.1. The zero-order chi connectivity index (χ0) is 22.2. The maximum absolute atomic E-state index is 13.7. The van der Waals surface area contributed by atoms with Crippen molar-refractivity contribution in [3.05, 3.63) is 71.6 Å². The van der Waals surface area contributed by atoms with Crippen molar-refractivity contribution in [2.45, 2.75) is 32.3 Å². The topological polar surface area (TPSA) is 60.2 Å². The standard InChI is InChI=1S/C24H27FN4O2/c1-16-10-17(18-13-26-28(4)14-18)11-21(27-16)22-15-29(8-9-31-22)23(30)24(2,3)19-6-5-7-20(25)12-19/h5-7,10-14,22H,8-9,15H2,1-4H3/t22-/m0/s1. The van der Waals surface area contributed by atoms with Crippen LogP contribution in [-0.4, -0.2) is 45.3 Å². The molecular formula is C24H27FN4O2. The number of aryl methyl sites for hydroxylation is 2. The van der Waals surface area contributed by atoms with Gasteiger partial charge in [-0.05, 0) is 56.2 Å². The fraction of sp³-hybridized carbons (Fsp3) is 0.375. The zero-order valence-corrected chi connectivity index (χ0v) is 18.3. The first kappa shape index (κ1) is 21.2. The van der Waals surface area contributed by atoms with E-state index in [4.69, 9.17) is 4.74 Å². The first-order chi connectivity index (χ1) is 14.7. The van der Waals surface area contributed by atoms with Crippen LogP contribution in [0.5, 0.6) is 0 Å². The van der Waals surface area contributed by atoms with Gasteiger partial charge in [0.2, 0.25) is 5.91 Å². The Kier molecular flexibility index (Phi) is 5.62. The third kappa shape index (κ3) is 4.37. The van der Waals surface area contributed by atoms with E-state index < -0.39 is 5.41 Å². The highest BCUT2D eigenvalue weighted by Gasteiger charge is 2.37. The van der Waals surface area contributed by atoms with E-state index in [1.165, 1.54) is 12.1 Å². The summed E-state index contributed by atoms with van der Waals surface area (Å²) < 4.78 is 21.5. The summed E-state index contributed by atoms with van der Waals surface area (Å²) in [6.45, 7) is 6.94. The maximum atomic E-state index is 13.7. The zero-order valence-electron chi connectivity index (χ0n) is 18.3. The maximum Gasteiger partial charge on any atom is 0.232 e. The predicted octanol–water partition coefficient (Wildman–Crippen LogP) is 3.81. The van der Waals surface area contributed by atoms with Crippen LogP contribution in [0, 0.1) is 12.7 Å². The Hall–Kier alpha value is -3.06. The molecule has 3 aromatic rings. The van der Waals surface area contributed by atoms with Crippen molar-refractivity contribution in [3.8, 4) is 11.1 Å². The van der Waals surface area contributed by atoms with Crippen molar-refractivity contribution in [2.75, 3.05) is 19.7 Å². The molecule has 7 heteroatoms. The van der Waals surface area contributed by atoms with Crippen LogP contribution in [0.1, 0.15) is 36.9 Å². The van der Waals surface area contributed by atoms with Gasteiger partial charge in [-0.25, -0.2) is 4.39 Å². The summed E-state index contributed by atoms with van der Waals surface area (Å²) in [5.41, 5.74) is 3.51. The van der Waals surface area contributed by atoms with Crippen molar-refractivity contribution < 1.29 is 13.9 Å². The number of nitrogens with zero attached hydrogens (tertiary/aromatic N) is 4. The number of pyridine rings is 1. The van der Waals surface area contributed by atoms with Crippen molar-refractivity contribution >= 4 is 5.91 Å². The van der Waals surface area contributed by atoms with Gasteiger partial charge in [0.05, 0.1) is 30.5 Å². The molecule has 6 nitrogen and oxygen atoms in total. The molecule has 2 aromatic heterocycles. The molecule has 1 amide bonds. The first-order valence-electron chi connectivity index (χ1n) is 10.4. The number of hydrogen-bond acceptors (Lipinski definition) is 4. The second kappa shape index (κ2) is 8.23. The minimum atomic E-state index is -0.842. The number of aromatic nitrogens is 3. The molecule has 0 unspecified atom stereocenters. The molecule has 31 heavy (non-hydrogen) atoms. The molecule has 0 radical (unpaired) electrons. The van der Waals surface area contributed by atoms with E-state index in [0.717, 1.165) is 22.5 Å². The summed E-state index contributed by atoms with van der Waals surface area (Å²) in [6, 6.07) is 10.3. The van der Waals surface area contributed by atoms with Crippen LogP contribution in [0.4, 0.5) is 4.39 Å². The lowest BCUT2D eigenvalue weighted by atomic mass is 9.83. The predicted molar refractivity (Wildman–Crippen MR) is 116 cm³/mol. The van der Waals surface area contributed by atoms with Gasteiger partial charge in [-0.1, -0.05) is 12.1 Å². The fourth-order valence-corrected chi connectivity index (χ4v) is 4.00. The lowest BCUT2D eigenvalue weighted by molar-refractivity contribution is -0.144. The van der Waals surface area contributed by atoms with Gasteiger partial charge in [-0.15, -0.1) is 0 Å². The highest BCUT2D eigenvalue weighted by atomic mass is 19.1. The van der Waals surface area contributed by atoms with E-state index >= 15 is 0 Å². The van der Waals surface area contributed by atoms with E-state index in [0.29, 0.717) is 25.3 Å². The quantitative estimate of drug-likeness (QED) is 0.642. The third-order valence-electron chi connectivity index (χ3n) is 5.78. The number of hydrogen-bond donors (Lipinski definition) is 0. The number of carbonyl (C=O) groups is 1. The molecule has 3 heterocycles. The Balaban J connectivity index is 1.57. The number of carbonyl (C=O) groups excluding carboxylic acids is 1. The van der Waals surface area contributed by atoms with Crippen LogP contribution in [-0.2, 0) is 22.0 Å². The molecule has 1 saturated heterocycles. The fourth-order valence-electron chi connectivity index (χ4n) is 4.00. The lowest BCUT2D eigenvalue weighted by Crippen LogP contribution is -2.49. The molecule has 1 aliphatic heterocycles. The number of morpholine rings is 1. The minimum absolute atomic E-state index is 0.0495. The van der Waals surface area contributed by atoms with E-state index in [2.05, 4.69) is 10.1 Å². The van der Waals surface area contributed by atoms with Crippen LogP contribution in [0.3, 0.4) is 0 Å². The van der Waals surface area contributed by atoms with E-state index in [-0.39, 0.29) is 17.8 Å². The Labute approximate surface area is 181 Å². The van der Waals surface area contributed by atoms with Crippen molar-refractivity contribution in [3.63, 3.8) is 0 Å². The van der Waals surface area contributed by atoms with Gasteiger partial charge in [0.15, 0.2) is 0 Å². The van der Waals surface area contributed by atoms with Crippen LogP contribution in [0.25, 0.3) is 11.1 Å². The van der Waals surface area contributed by atoms with Crippen molar-refractivity contribution in [1.82, 2.24) is 19.7 Å². The molecule has 1 fully saturated rings. The van der Waals surface area contributed by atoms with Crippen LogP contribution < -0.4 is 0 Å². The summed E-state index contributed by atoms with van der Waals surface area (Å²) in [5.74, 6) is -0.392. The van der Waals surface area contributed by atoms with Gasteiger partial charge in [-0.3, -0.25) is 14.5 Å². The molecule has 1 aromatic carbocycles. The highest BCUT2D eigenvalue weighted by molar-refractivity contribution is 5.87. The van der Waals surface area contributed by atoms with Gasteiger partial charge in [0, 0.05) is 31.0 Å². The number of rotatable bonds is 4. The van der Waals surface area contributed by atoms with E-state index in [1.54, 1.807) is 21.7 Å². The number of amides is 1. The van der Waals surface area contributed by atoms with Crippen LogP contribution in [0.15, 0.2) is 48.8 Å². The molecular weight excluding hydrogens is 395 g/mol. The summed E-state index contributed by atoms with van der Waals surface area (Å²) in [7, 11) is 1.88. The van der Waals surface area contributed by atoms with Gasteiger partial charge in [0.1, 0.15) is 11.9 Å². The molecule has 1 atom stereocenters. The summed E-state index contributed by atoms with van der Waals surface area (Å²) in [4.78, 5) is 19.9. The molecule has 0 spiro atoms. The number of benzene rings is 1. The minimum Gasteiger partial charge on any atom is -0.368 e. The molecule has 4 rings (SSSR count). The Morgan fingerprint density at radius 2 is 2.03 bits per heavy atom. The molecule has 0 saturated carbocycles. The Morgan fingerprint density at radius 1 is 1.23 bits per heavy atom. The van der Waals surface area contributed by atoms with Gasteiger partial charge in [-0.2, -0.15) is 5.10 Å². The lowest BCUT2D eigenvalue weighted by Gasteiger charge is -2.37. The second-order valence-electron chi connectivity index (χ2n) is 8.57. The van der Waals surface area contributed by atoms with Crippen LogP contribution in [0.2, 0.25) is 0 Å².